The summed E-state index contributed by atoms with van der Waals surface area (Å²) >= 11 is 1.67. The Kier molecular flexibility index (Phi) is 3.37. The molecular formula is C13H13NOS. The molecule has 0 aliphatic rings. The van der Waals surface area contributed by atoms with Crippen LogP contribution in [0.4, 0.5) is 5.69 Å². The fourth-order valence-electron chi connectivity index (χ4n) is 1.50. The van der Waals surface area contributed by atoms with Crippen molar-refractivity contribution in [3.05, 3.63) is 46.2 Å². The number of benzene rings is 1. The van der Waals surface area contributed by atoms with Crippen LogP contribution in [-0.2, 0) is 0 Å². The van der Waals surface area contributed by atoms with Crippen molar-refractivity contribution in [1.82, 2.24) is 0 Å². The van der Waals surface area contributed by atoms with Crippen molar-refractivity contribution < 1.29 is 4.74 Å². The van der Waals surface area contributed by atoms with Crippen molar-refractivity contribution in [3.63, 3.8) is 0 Å². The van der Waals surface area contributed by atoms with E-state index in [1.165, 1.54) is 0 Å². The average Bonchev–Trinajstić information content (AvgIpc) is 2.79. The minimum absolute atomic E-state index is 0.843. The lowest BCUT2D eigenvalue weighted by molar-refractivity contribution is 0.413. The van der Waals surface area contributed by atoms with Crippen molar-refractivity contribution >= 4 is 23.2 Å². The van der Waals surface area contributed by atoms with Crippen LogP contribution in [0.25, 0.3) is 0 Å². The van der Waals surface area contributed by atoms with Gasteiger partial charge in [-0.3, -0.25) is 4.99 Å². The standard InChI is InChI=1S/C13H13NOS/c1-10-5-3-7-12(13(10)15-2)14-9-11-6-4-8-16-11/h3-9H,1-2H3/b14-9+. The molecule has 0 saturated heterocycles. The van der Waals surface area contributed by atoms with E-state index in [4.69, 9.17) is 4.74 Å². The monoisotopic (exact) mass is 231 g/mol. The molecule has 0 atom stereocenters. The Bertz CT molecular complexity index is 489. The first-order valence-electron chi connectivity index (χ1n) is 5.02. The van der Waals surface area contributed by atoms with E-state index < -0.39 is 0 Å². The lowest BCUT2D eigenvalue weighted by Gasteiger charge is -2.06. The Morgan fingerprint density at radius 2 is 2.12 bits per heavy atom. The lowest BCUT2D eigenvalue weighted by atomic mass is 10.2. The molecule has 0 aliphatic heterocycles. The third kappa shape index (κ3) is 2.31. The molecule has 2 nitrogen and oxygen atoms in total. The van der Waals surface area contributed by atoms with E-state index in [1.807, 2.05) is 48.9 Å². The molecule has 0 amide bonds. The fraction of sp³-hybridized carbons (Fsp3) is 0.154. The highest BCUT2D eigenvalue weighted by Gasteiger charge is 2.03. The molecule has 0 bridgehead atoms. The van der Waals surface area contributed by atoms with Gasteiger partial charge in [0.05, 0.1) is 7.11 Å². The van der Waals surface area contributed by atoms with Crippen LogP contribution in [0.3, 0.4) is 0 Å². The Hall–Kier alpha value is -1.61. The van der Waals surface area contributed by atoms with Gasteiger partial charge in [0, 0.05) is 11.1 Å². The molecule has 1 heterocycles. The van der Waals surface area contributed by atoms with Gasteiger partial charge in [0.2, 0.25) is 0 Å². The Morgan fingerprint density at radius 3 is 2.81 bits per heavy atom. The second-order valence-corrected chi connectivity index (χ2v) is 4.38. The molecule has 2 rings (SSSR count). The fourth-order valence-corrected chi connectivity index (χ4v) is 2.09. The molecule has 16 heavy (non-hydrogen) atoms. The molecule has 0 N–H and O–H groups in total. The van der Waals surface area contributed by atoms with Gasteiger partial charge in [-0.05, 0) is 30.0 Å². The number of hydrogen-bond donors (Lipinski definition) is 0. The van der Waals surface area contributed by atoms with E-state index in [2.05, 4.69) is 4.99 Å². The first-order chi connectivity index (χ1) is 7.81. The number of rotatable bonds is 3. The number of para-hydroxylation sites is 1. The number of methoxy groups -OCH3 is 1. The molecule has 0 aliphatic carbocycles. The molecule has 0 saturated carbocycles. The number of aryl methyl sites for hydroxylation is 1. The number of nitrogens with zero attached hydrogens (tertiary/aromatic N) is 1. The van der Waals surface area contributed by atoms with Crippen molar-refractivity contribution in [3.8, 4) is 5.75 Å². The lowest BCUT2D eigenvalue weighted by Crippen LogP contribution is -1.87. The Balaban J connectivity index is 2.31. The SMILES string of the molecule is COc1c(C)cccc1/N=C/c1cccs1. The van der Waals surface area contributed by atoms with Crippen LogP contribution < -0.4 is 4.74 Å². The topological polar surface area (TPSA) is 21.6 Å². The van der Waals surface area contributed by atoms with E-state index >= 15 is 0 Å². The molecule has 0 fully saturated rings. The maximum atomic E-state index is 5.34. The average molecular weight is 231 g/mol. The summed E-state index contributed by atoms with van der Waals surface area (Å²) in [5, 5.41) is 2.04. The highest BCUT2D eigenvalue weighted by molar-refractivity contribution is 7.11. The van der Waals surface area contributed by atoms with Gasteiger partial charge in [0.1, 0.15) is 11.4 Å². The normalized spacial score (nSPS) is 10.9. The van der Waals surface area contributed by atoms with Gasteiger partial charge in [-0.15, -0.1) is 11.3 Å². The highest BCUT2D eigenvalue weighted by atomic mass is 32.1. The number of hydrogen-bond acceptors (Lipinski definition) is 3. The summed E-state index contributed by atoms with van der Waals surface area (Å²) in [6, 6.07) is 10.0. The van der Waals surface area contributed by atoms with Gasteiger partial charge >= 0.3 is 0 Å². The first-order valence-corrected chi connectivity index (χ1v) is 5.90. The zero-order chi connectivity index (χ0) is 11.4. The summed E-state index contributed by atoms with van der Waals surface area (Å²) in [7, 11) is 1.67. The van der Waals surface area contributed by atoms with Gasteiger partial charge in [0.15, 0.2) is 0 Å². The van der Waals surface area contributed by atoms with Crippen LogP contribution in [-0.4, -0.2) is 13.3 Å². The Labute approximate surface area is 99.2 Å². The zero-order valence-corrected chi connectivity index (χ0v) is 10.1. The largest absolute Gasteiger partial charge is 0.494 e. The maximum Gasteiger partial charge on any atom is 0.147 e. The van der Waals surface area contributed by atoms with Crippen molar-refractivity contribution in [2.75, 3.05) is 7.11 Å². The molecule has 1 aromatic heterocycles. The van der Waals surface area contributed by atoms with E-state index in [0.29, 0.717) is 0 Å². The molecule has 82 valence electrons. The van der Waals surface area contributed by atoms with Crippen LogP contribution in [0, 0.1) is 6.92 Å². The summed E-state index contributed by atoms with van der Waals surface area (Å²) in [6.45, 7) is 2.02. The number of ether oxygens (including phenoxy) is 1. The quantitative estimate of drug-likeness (QED) is 0.736. The van der Waals surface area contributed by atoms with Crippen molar-refractivity contribution in [2.45, 2.75) is 6.92 Å². The second-order valence-electron chi connectivity index (χ2n) is 3.40. The summed E-state index contributed by atoms with van der Waals surface area (Å²) in [6.07, 6.45) is 1.86. The van der Waals surface area contributed by atoms with Gasteiger partial charge in [-0.1, -0.05) is 18.2 Å². The predicted molar refractivity (Wildman–Crippen MR) is 69.3 cm³/mol. The molecule has 0 spiro atoms. The van der Waals surface area contributed by atoms with Crippen LogP contribution in [0.1, 0.15) is 10.4 Å². The highest BCUT2D eigenvalue weighted by Crippen LogP contribution is 2.30. The van der Waals surface area contributed by atoms with Crippen LogP contribution in [0.2, 0.25) is 0 Å². The van der Waals surface area contributed by atoms with E-state index in [1.54, 1.807) is 18.4 Å². The minimum Gasteiger partial charge on any atom is -0.494 e. The van der Waals surface area contributed by atoms with E-state index in [9.17, 15) is 0 Å². The summed E-state index contributed by atoms with van der Waals surface area (Å²) in [4.78, 5) is 5.58. The number of thiophene rings is 1. The third-order valence-electron chi connectivity index (χ3n) is 2.27. The van der Waals surface area contributed by atoms with Gasteiger partial charge in [0.25, 0.3) is 0 Å². The van der Waals surface area contributed by atoms with Gasteiger partial charge < -0.3 is 4.74 Å². The number of aliphatic imine (C=N–C) groups is 1. The Morgan fingerprint density at radius 1 is 1.25 bits per heavy atom. The molecule has 2 aromatic rings. The summed E-state index contributed by atoms with van der Waals surface area (Å²) in [5.74, 6) is 0.843. The molecule has 3 heteroatoms. The molecule has 0 unspecified atom stereocenters. The second kappa shape index (κ2) is 4.94. The predicted octanol–water partition coefficient (Wildman–Crippen LogP) is 3.82. The zero-order valence-electron chi connectivity index (χ0n) is 9.31. The summed E-state index contributed by atoms with van der Waals surface area (Å²) in [5.41, 5.74) is 1.97. The van der Waals surface area contributed by atoms with Crippen LogP contribution in [0.5, 0.6) is 5.75 Å². The minimum atomic E-state index is 0.843. The summed E-state index contributed by atoms with van der Waals surface area (Å²) < 4.78 is 5.34. The molecule has 1 aromatic carbocycles. The van der Waals surface area contributed by atoms with Crippen LogP contribution >= 0.6 is 11.3 Å². The maximum absolute atomic E-state index is 5.34. The van der Waals surface area contributed by atoms with Crippen molar-refractivity contribution in [1.29, 1.82) is 0 Å². The molecular weight excluding hydrogens is 218 g/mol. The smallest absolute Gasteiger partial charge is 0.147 e. The van der Waals surface area contributed by atoms with E-state index in [-0.39, 0.29) is 0 Å². The first kappa shape index (κ1) is 10.9. The van der Waals surface area contributed by atoms with Crippen LogP contribution in [0.15, 0.2) is 40.7 Å². The third-order valence-corrected chi connectivity index (χ3v) is 3.08. The van der Waals surface area contributed by atoms with Gasteiger partial charge in [-0.25, -0.2) is 0 Å². The van der Waals surface area contributed by atoms with Gasteiger partial charge in [-0.2, -0.15) is 0 Å². The molecule has 0 radical (unpaired) electrons. The van der Waals surface area contributed by atoms with E-state index in [0.717, 1.165) is 21.9 Å². The van der Waals surface area contributed by atoms with Crippen molar-refractivity contribution in [2.24, 2.45) is 4.99 Å².